The summed E-state index contributed by atoms with van der Waals surface area (Å²) in [5.74, 6) is -0.453. The predicted molar refractivity (Wildman–Crippen MR) is 87.4 cm³/mol. The SMILES string of the molecule is C=C(C)C(=O)OCCOCCOC(=O)NCCCCCCN=C=O. The van der Waals surface area contributed by atoms with Crippen molar-refractivity contribution in [3.63, 3.8) is 0 Å². The molecular weight excluding hydrogens is 316 g/mol. The first-order valence-electron chi connectivity index (χ1n) is 7.92. The van der Waals surface area contributed by atoms with E-state index in [0.29, 0.717) is 18.7 Å². The van der Waals surface area contributed by atoms with Gasteiger partial charge < -0.3 is 19.5 Å². The van der Waals surface area contributed by atoms with Crippen molar-refractivity contribution in [1.29, 1.82) is 0 Å². The Morgan fingerprint density at radius 1 is 1.04 bits per heavy atom. The highest BCUT2D eigenvalue weighted by Gasteiger charge is 2.03. The van der Waals surface area contributed by atoms with Gasteiger partial charge in [-0.1, -0.05) is 19.4 Å². The Bertz CT molecular complexity index is 432. The van der Waals surface area contributed by atoms with Gasteiger partial charge >= 0.3 is 12.1 Å². The lowest BCUT2D eigenvalue weighted by molar-refractivity contribution is -0.140. The summed E-state index contributed by atoms with van der Waals surface area (Å²) in [5.41, 5.74) is 0.337. The molecule has 0 aromatic heterocycles. The molecule has 24 heavy (non-hydrogen) atoms. The number of nitrogens with zero attached hydrogens (tertiary/aromatic N) is 1. The number of esters is 1. The number of hydrogen-bond donors (Lipinski definition) is 1. The molecule has 0 radical (unpaired) electrons. The van der Waals surface area contributed by atoms with E-state index in [1.54, 1.807) is 6.92 Å². The van der Waals surface area contributed by atoms with E-state index >= 15 is 0 Å². The van der Waals surface area contributed by atoms with Crippen LogP contribution in [0.4, 0.5) is 4.79 Å². The summed E-state index contributed by atoms with van der Waals surface area (Å²) >= 11 is 0. The minimum absolute atomic E-state index is 0.129. The van der Waals surface area contributed by atoms with Crippen LogP contribution in [-0.4, -0.2) is 57.7 Å². The molecule has 136 valence electrons. The zero-order valence-electron chi connectivity index (χ0n) is 14.2. The van der Waals surface area contributed by atoms with Gasteiger partial charge in [0.05, 0.1) is 19.8 Å². The molecule has 0 unspecified atom stereocenters. The number of isocyanates is 1. The summed E-state index contributed by atoms with van der Waals surface area (Å²) in [6.45, 7) is 6.80. The zero-order valence-corrected chi connectivity index (χ0v) is 14.2. The van der Waals surface area contributed by atoms with E-state index in [1.807, 2.05) is 0 Å². The number of aliphatic imine (C=N–C) groups is 1. The smallest absolute Gasteiger partial charge is 0.407 e. The molecule has 0 heterocycles. The molecule has 1 amide bonds. The zero-order chi connectivity index (χ0) is 18.0. The van der Waals surface area contributed by atoms with E-state index < -0.39 is 12.1 Å². The first-order valence-corrected chi connectivity index (χ1v) is 7.92. The number of nitrogens with one attached hydrogen (secondary N) is 1. The third-order valence-electron chi connectivity index (χ3n) is 2.80. The molecule has 0 rings (SSSR count). The number of amides is 1. The van der Waals surface area contributed by atoms with Crippen molar-refractivity contribution < 1.29 is 28.6 Å². The normalized spacial score (nSPS) is 9.71. The first-order chi connectivity index (χ1) is 11.6. The summed E-state index contributed by atoms with van der Waals surface area (Å²) < 4.78 is 14.9. The second-order valence-electron chi connectivity index (χ2n) is 4.98. The van der Waals surface area contributed by atoms with Crippen LogP contribution in [0.1, 0.15) is 32.6 Å². The van der Waals surface area contributed by atoms with Crippen LogP contribution in [0, 0.1) is 0 Å². The minimum Gasteiger partial charge on any atom is -0.460 e. The first kappa shape index (κ1) is 21.8. The van der Waals surface area contributed by atoms with Crippen molar-refractivity contribution in [1.82, 2.24) is 5.32 Å². The Labute approximate surface area is 142 Å². The second kappa shape index (κ2) is 15.7. The van der Waals surface area contributed by atoms with Crippen LogP contribution in [0.2, 0.25) is 0 Å². The number of alkyl carbamates (subject to hydrolysis) is 1. The van der Waals surface area contributed by atoms with Crippen LogP contribution in [0.25, 0.3) is 0 Å². The van der Waals surface area contributed by atoms with Crippen molar-refractivity contribution in [2.75, 3.05) is 39.5 Å². The molecule has 0 spiro atoms. The van der Waals surface area contributed by atoms with Gasteiger partial charge in [-0.25, -0.2) is 19.4 Å². The van der Waals surface area contributed by atoms with Gasteiger partial charge in [-0.05, 0) is 19.8 Å². The molecule has 8 heteroatoms. The molecule has 0 fully saturated rings. The predicted octanol–water partition coefficient (Wildman–Crippen LogP) is 1.74. The average Bonchev–Trinajstić information content (AvgIpc) is 2.56. The fourth-order valence-electron chi connectivity index (χ4n) is 1.57. The lowest BCUT2D eigenvalue weighted by atomic mass is 10.2. The third kappa shape index (κ3) is 14.7. The Balaban J connectivity index is 3.31. The van der Waals surface area contributed by atoms with Crippen LogP contribution in [-0.2, 0) is 23.8 Å². The second-order valence-corrected chi connectivity index (χ2v) is 4.98. The Morgan fingerprint density at radius 3 is 2.38 bits per heavy atom. The fourth-order valence-corrected chi connectivity index (χ4v) is 1.57. The quantitative estimate of drug-likeness (QED) is 0.170. The van der Waals surface area contributed by atoms with E-state index in [-0.39, 0.29) is 26.4 Å². The van der Waals surface area contributed by atoms with Gasteiger partial charge in [0.25, 0.3) is 0 Å². The lowest BCUT2D eigenvalue weighted by Crippen LogP contribution is -2.26. The van der Waals surface area contributed by atoms with E-state index in [4.69, 9.17) is 14.2 Å². The highest BCUT2D eigenvalue weighted by molar-refractivity contribution is 5.86. The number of hydrogen-bond acceptors (Lipinski definition) is 7. The maximum absolute atomic E-state index is 11.3. The molecule has 1 N–H and O–H groups in total. The summed E-state index contributed by atoms with van der Waals surface area (Å²) in [5, 5.41) is 2.63. The minimum atomic E-state index is -0.488. The molecular formula is C16H26N2O6. The van der Waals surface area contributed by atoms with Gasteiger partial charge in [-0.2, -0.15) is 0 Å². The van der Waals surface area contributed by atoms with Crippen molar-refractivity contribution in [2.24, 2.45) is 4.99 Å². The average molecular weight is 342 g/mol. The maximum atomic E-state index is 11.3. The van der Waals surface area contributed by atoms with Crippen LogP contribution >= 0.6 is 0 Å². The summed E-state index contributed by atoms with van der Waals surface area (Å²) in [7, 11) is 0. The summed E-state index contributed by atoms with van der Waals surface area (Å²) in [4.78, 5) is 35.7. The van der Waals surface area contributed by atoms with Gasteiger partial charge in [-0.15, -0.1) is 0 Å². The van der Waals surface area contributed by atoms with E-state index in [2.05, 4.69) is 16.9 Å². The summed E-state index contributed by atoms with van der Waals surface area (Å²) in [6, 6.07) is 0. The maximum Gasteiger partial charge on any atom is 0.407 e. The molecule has 0 atom stereocenters. The Hall–Kier alpha value is -2.18. The van der Waals surface area contributed by atoms with Gasteiger partial charge in [0.15, 0.2) is 0 Å². The Morgan fingerprint density at radius 2 is 1.71 bits per heavy atom. The molecule has 8 nitrogen and oxygen atoms in total. The molecule has 0 aliphatic carbocycles. The molecule has 0 aliphatic heterocycles. The highest BCUT2D eigenvalue weighted by Crippen LogP contribution is 1.98. The van der Waals surface area contributed by atoms with Crippen LogP contribution in [0.3, 0.4) is 0 Å². The Kier molecular flexibility index (Phi) is 14.3. The van der Waals surface area contributed by atoms with E-state index in [9.17, 15) is 14.4 Å². The molecule has 0 aliphatic rings. The van der Waals surface area contributed by atoms with Crippen molar-refractivity contribution >= 4 is 18.1 Å². The number of carbonyl (C=O) groups excluding carboxylic acids is 3. The van der Waals surface area contributed by atoms with Crippen molar-refractivity contribution in [2.45, 2.75) is 32.6 Å². The van der Waals surface area contributed by atoms with Crippen LogP contribution < -0.4 is 5.32 Å². The summed E-state index contributed by atoms with van der Waals surface area (Å²) in [6.07, 6.45) is 4.59. The molecule has 0 aromatic rings. The fraction of sp³-hybridized carbons (Fsp3) is 0.688. The van der Waals surface area contributed by atoms with Gasteiger partial charge in [0, 0.05) is 12.1 Å². The molecule has 0 saturated heterocycles. The van der Waals surface area contributed by atoms with Gasteiger partial charge in [-0.3, -0.25) is 0 Å². The van der Waals surface area contributed by atoms with E-state index in [0.717, 1.165) is 25.7 Å². The van der Waals surface area contributed by atoms with Crippen LogP contribution in [0.5, 0.6) is 0 Å². The number of ether oxygens (including phenoxy) is 3. The third-order valence-corrected chi connectivity index (χ3v) is 2.80. The monoisotopic (exact) mass is 342 g/mol. The van der Waals surface area contributed by atoms with Gasteiger partial charge in [0.2, 0.25) is 6.08 Å². The largest absolute Gasteiger partial charge is 0.460 e. The standard InChI is InChI=1S/C16H26N2O6/c1-14(2)15(20)23-11-9-22-10-12-24-16(21)18-8-6-4-3-5-7-17-13-19/h1,3-12H2,2H3,(H,18,21). The number of unbranched alkanes of at least 4 members (excludes halogenated alkanes) is 3. The van der Waals surface area contributed by atoms with Gasteiger partial charge in [0.1, 0.15) is 13.2 Å². The number of rotatable bonds is 14. The van der Waals surface area contributed by atoms with Crippen molar-refractivity contribution in [3.8, 4) is 0 Å². The number of carbonyl (C=O) groups is 2. The lowest BCUT2D eigenvalue weighted by Gasteiger charge is -2.08. The van der Waals surface area contributed by atoms with E-state index in [1.165, 1.54) is 6.08 Å². The highest BCUT2D eigenvalue weighted by atomic mass is 16.6. The van der Waals surface area contributed by atoms with Crippen molar-refractivity contribution in [3.05, 3.63) is 12.2 Å². The topological polar surface area (TPSA) is 103 Å². The molecule has 0 saturated carbocycles. The molecule has 0 aromatic carbocycles. The molecule has 0 bridgehead atoms. The van der Waals surface area contributed by atoms with Crippen LogP contribution in [0.15, 0.2) is 17.1 Å².